The van der Waals surface area contributed by atoms with E-state index >= 15 is 0 Å². The summed E-state index contributed by atoms with van der Waals surface area (Å²) in [7, 11) is 0. The summed E-state index contributed by atoms with van der Waals surface area (Å²) in [6, 6.07) is 15.1. The first-order valence-corrected chi connectivity index (χ1v) is 12.0. The van der Waals surface area contributed by atoms with Crippen molar-refractivity contribution in [3.63, 3.8) is 0 Å². The van der Waals surface area contributed by atoms with Crippen LogP contribution < -0.4 is 5.32 Å². The van der Waals surface area contributed by atoms with Crippen LogP contribution in [-0.4, -0.2) is 18.4 Å². The molecular formula is C24H29Br2NO. The average molecular weight is 507 g/mol. The predicted octanol–water partition coefficient (Wildman–Crippen LogP) is 7.05. The number of benzene rings is 2. The molecule has 0 unspecified atom stereocenters. The summed E-state index contributed by atoms with van der Waals surface area (Å²) >= 11 is 7.18. The highest BCUT2D eigenvalue weighted by Crippen LogP contribution is 2.37. The highest BCUT2D eigenvalue weighted by molar-refractivity contribution is 9.10. The van der Waals surface area contributed by atoms with E-state index in [1.54, 1.807) is 0 Å². The van der Waals surface area contributed by atoms with Crippen LogP contribution in [0.5, 0.6) is 0 Å². The molecule has 0 aliphatic heterocycles. The molecule has 150 valence electrons. The van der Waals surface area contributed by atoms with Gasteiger partial charge in [-0.25, -0.2) is 0 Å². The van der Waals surface area contributed by atoms with Gasteiger partial charge in [-0.1, -0.05) is 63.0 Å². The SMILES string of the molecule is CCc1ccc(C2CCC(NCCCC(=O)c3ccc(Br)cc3)CC2)c(Br)c1. The van der Waals surface area contributed by atoms with E-state index in [4.69, 9.17) is 0 Å². The second-order valence-electron chi connectivity index (χ2n) is 7.75. The molecule has 0 heterocycles. The smallest absolute Gasteiger partial charge is 0.162 e. The molecule has 0 saturated heterocycles. The lowest BCUT2D eigenvalue weighted by Crippen LogP contribution is -2.33. The molecule has 3 rings (SSSR count). The molecule has 0 spiro atoms. The van der Waals surface area contributed by atoms with Crippen molar-refractivity contribution in [2.45, 2.75) is 63.8 Å². The molecular weight excluding hydrogens is 478 g/mol. The van der Waals surface area contributed by atoms with E-state index in [0.29, 0.717) is 18.4 Å². The Labute approximate surface area is 185 Å². The lowest BCUT2D eigenvalue weighted by Gasteiger charge is -2.30. The lowest BCUT2D eigenvalue weighted by molar-refractivity contribution is 0.0979. The molecule has 2 aromatic carbocycles. The Morgan fingerprint density at radius 3 is 2.39 bits per heavy atom. The number of Topliss-reactive ketones (excluding diaryl/α,β-unsaturated/α-hetero) is 1. The largest absolute Gasteiger partial charge is 0.314 e. The van der Waals surface area contributed by atoms with Crippen LogP contribution in [-0.2, 0) is 6.42 Å². The van der Waals surface area contributed by atoms with E-state index in [1.165, 1.54) is 41.3 Å². The van der Waals surface area contributed by atoms with E-state index in [0.717, 1.165) is 29.4 Å². The zero-order valence-corrected chi connectivity index (χ0v) is 19.7. The van der Waals surface area contributed by atoms with Gasteiger partial charge in [-0.15, -0.1) is 0 Å². The molecule has 2 aromatic rings. The number of carbonyl (C=O) groups excluding carboxylic acids is 1. The van der Waals surface area contributed by atoms with E-state index in [2.05, 4.69) is 62.3 Å². The Hall–Kier alpha value is -0.970. The number of hydrogen-bond acceptors (Lipinski definition) is 2. The van der Waals surface area contributed by atoms with Crippen LogP contribution in [0.1, 0.15) is 72.9 Å². The van der Waals surface area contributed by atoms with Gasteiger partial charge >= 0.3 is 0 Å². The molecule has 0 bridgehead atoms. The van der Waals surface area contributed by atoms with Crippen LogP contribution in [0.2, 0.25) is 0 Å². The molecule has 0 radical (unpaired) electrons. The molecule has 4 heteroatoms. The second kappa shape index (κ2) is 10.7. The topological polar surface area (TPSA) is 29.1 Å². The van der Waals surface area contributed by atoms with Crippen molar-refractivity contribution in [3.05, 3.63) is 68.1 Å². The van der Waals surface area contributed by atoms with E-state index < -0.39 is 0 Å². The van der Waals surface area contributed by atoms with Gasteiger partial charge in [0.2, 0.25) is 0 Å². The maximum atomic E-state index is 12.2. The maximum Gasteiger partial charge on any atom is 0.162 e. The number of nitrogens with one attached hydrogen (secondary N) is 1. The van der Waals surface area contributed by atoms with Crippen LogP contribution in [0.15, 0.2) is 51.4 Å². The van der Waals surface area contributed by atoms with Crippen LogP contribution in [0, 0.1) is 0 Å². The molecule has 1 aliphatic rings. The lowest BCUT2D eigenvalue weighted by atomic mass is 9.81. The van der Waals surface area contributed by atoms with Gasteiger partial charge in [-0.3, -0.25) is 4.79 Å². The number of hydrogen-bond donors (Lipinski definition) is 1. The summed E-state index contributed by atoms with van der Waals surface area (Å²) in [5, 5.41) is 3.67. The third-order valence-corrected chi connectivity index (χ3v) is 7.04. The monoisotopic (exact) mass is 505 g/mol. The first-order valence-electron chi connectivity index (χ1n) is 10.4. The average Bonchev–Trinajstić information content (AvgIpc) is 2.72. The Morgan fingerprint density at radius 2 is 1.75 bits per heavy atom. The summed E-state index contributed by atoms with van der Waals surface area (Å²) in [5.41, 5.74) is 3.67. The van der Waals surface area contributed by atoms with E-state index in [-0.39, 0.29) is 5.78 Å². The predicted molar refractivity (Wildman–Crippen MR) is 124 cm³/mol. The molecule has 0 atom stereocenters. The molecule has 0 amide bonds. The van der Waals surface area contributed by atoms with Gasteiger partial charge in [-0.05, 0) is 80.3 Å². The molecule has 1 saturated carbocycles. The highest BCUT2D eigenvalue weighted by atomic mass is 79.9. The summed E-state index contributed by atoms with van der Waals surface area (Å²) in [5.74, 6) is 0.899. The molecule has 28 heavy (non-hydrogen) atoms. The van der Waals surface area contributed by atoms with Crippen molar-refractivity contribution in [3.8, 4) is 0 Å². The Kier molecular flexibility index (Phi) is 8.31. The normalized spacial score (nSPS) is 19.5. The van der Waals surface area contributed by atoms with Gasteiger partial charge in [-0.2, -0.15) is 0 Å². The number of rotatable bonds is 8. The van der Waals surface area contributed by atoms with Crippen molar-refractivity contribution < 1.29 is 4.79 Å². The van der Waals surface area contributed by atoms with Crippen molar-refractivity contribution in [1.82, 2.24) is 5.32 Å². The Morgan fingerprint density at radius 1 is 1.04 bits per heavy atom. The summed E-state index contributed by atoms with van der Waals surface area (Å²) < 4.78 is 2.28. The molecule has 0 aromatic heterocycles. The first kappa shape index (κ1) is 21.7. The summed E-state index contributed by atoms with van der Waals surface area (Å²) in [4.78, 5) is 12.2. The van der Waals surface area contributed by atoms with Gasteiger partial charge in [0.15, 0.2) is 5.78 Å². The van der Waals surface area contributed by atoms with Gasteiger partial charge in [0.25, 0.3) is 0 Å². The van der Waals surface area contributed by atoms with Crippen LogP contribution >= 0.6 is 31.9 Å². The fourth-order valence-electron chi connectivity index (χ4n) is 4.07. The number of aryl methyl sites for hydroxylation is 1. The molecule has 1 N–H and O–H groups in total. The third kappa shape index (κ3) is 6.01. The van der Waals surface area contributed by atoms with Crippen molar-refractivity contribution in [2.75, 3.05) is 6.54 Å². The second-order valence-corrected chi connectivity index (χ2v) is 9.52. The van der Waals surface area contributed by atoms with Crippen LogP contribution in [0.25, 0.3) is 0 Å². The quantitative estimate of drug-likeness (QED) is 0.307. The Balaban J connectivity index is 1.38. The van der Waals surface area contributed by atoms with Gasteiger partial charge in [0, 0.05) is 27.0 Å². The molecule has 1 fully saturated rings. The summed E-state index contributed by atoms with van der Waals surface area (Å²) in [6.45, 7) is 3.12. The number of ketones is 1. The molecule has 1 aliphatic carbocycles. The molecule has 2 nitrogen and oxygen atoms in total. The summed E-state index contributed by atoms with van der Waals surface area (Å²) in [6.07, 6.45) is 7.50. The fraction of sp³-hybridized carbons (Fsp3) is 0.458. The van der Waals surface area contributed by atoms with Crippen molar-refractivity contribution >= 4 is 37.6 Å². The van der Waals surface area contributed by atoms with E-state index in [9.17, 15) is 4.79 Å². The number of halogens is 2. The Bertz CT molecular complexity index is 780. The van der Waals surface area contributed by atoms with Gasteiger partial charge in [0.05, 0.1) is 0 Å². The third-order valence-electron chi connectivity index (χ3n) is 5.82. The minimum Gasteiger partial charge on any atom is -0.314 e. The van der Waals surface area contributed by atoms with Crippen molar-refractivity contribution in [1.29, 1.82) is 0 Å². The fourth-order valence-corrected chi connectivity index (χ4v) is 5.08. The van der Waals surface area contributed by atoms with Crippen LogP contribution in [0.4, 0.5) is 0 Å². The maximum absolute atomic E-state index is 12.2. The zero-order valence-electron chi connectivity index (χ0n) is 16.5. The van der Waals surface area contributed by atoms with Gasteiger partial charge < -0.3 is 5.32 Å². The van der Waals surface area contributed by atoms with Crippen molar-refractivity contribution in [2.24, 2.45) is 0 Å². The highest BCUT2D eigenvalue weighted by Gasteiger charge is 2.23. The first-order chi connectivity index (χ1) is 13.6. The standard InChI is InChI=1S/C24H29Br2NO/c1-2-17-5-14-22(23(26)16-17)18-8-12-21(13-9-18)27-15-3-4-24(28)19-6-10-20(25)11-7-19/h5-7,10-11,14,16,18,21,27H,2-4,8-9,12-13,15H2,1H3. The van der Waals surface area contributed by atoms with Crippen LogP contribution in [0.3, 0.4) is 0 Å². The van der Waals surface area contributed by atoms with Gasteiger partial charge in [0.1, 0.15) is 0 Å². The minimum absolute atomic E-state index is 0.235. The zero-order chi connectivity index (χ0) is 19.9. The van der Waals surface area contributed by atoms with E-state index in [1.807, 2.05) is 24.3 Å². The minimum atomic E-state index is 0.235. The number of carbonyl (C=O) groups is 1.